The second kappa shape index (κ2) is 6.02. The average molecular weight is 323 g/mol. The maximum Gasteiger partial charge on any atom is 0.200 e. The molecule has 1 N–H and O–H groups in total. The molecule has 0 fully saturated rings. The summed E-state index contributed by atoms with van der Waals surface area (Å²) in [4.78, 5) is 0. The van der Waals surface area contributed by atoms with E-state index in [1.807, 2.05) is 6.92 Å². The summed E-state index contributed by atoms with van der Waals surface area (Å²) in [6.07, 6.45) is 0. The molecule has 1 atom stereocenters. The van der Waals surface area contributed by atoms with E-state index in [0.717, 1.165) is 11.3 Å². The zero-order valence-electron chi connectivity index (χ0n) is 11.0. The van der Waals surface area contributed by atoms with Crippen LogP contribution < -0.4 is 5.32 Å². The molecule has 1 unspecified atom stereocenters. The molecule has 0 aliphatic rings. The molecule has 0 bridgehead atoms. The first kappa shape index (κ1) is 15.8. The Morgan fingerprint density at radius 1 is 0.952 bits per heavy atom. The van der Waals surface area contributed by atoms with Crippen molar-refractivity contribution in [2.24, 2.45) is 0 Å². The van der Waals surface area contributed by atoms with E-state index in [2.05, 4.69) is 15.5 Å². The maximum atomic E-state index is 13.6. The van der Waals surface area contributed by atoms with Crippen molar-refractivity contribution < 1.29 is 22.0 Å². The molecule has 3 nitrogen and oxygen atoms in total. The standard InChI is InChI=1S/C12H10F5N3S/c1-3-18-4(2)11-19-20-12(21-11)5-6(13)8(15)10(17)9(16)7(5)14/h4,18H,3H2,1-2H3. The Morgan fingerprint density at radius 2 is 1.48 bits per heavy atom. The van der Waals surface area contributed by atoms with E-state index in [-0.39, 0.29) is 11.0 Å². The molecule has 0 radical (unpaired) electrons. The van der Waals surface area contributed by atoms with E-state index in [0.29, 0.717) is 11.6 Å². The topological polar surface area (TPSA) is 37.8 Å². The summed E-state index contributed by atoms with van der Waals surface area (Å²) in [5.41, 5.74) is -1.06. The second-order valence-electron chi connectivity index (χ2n) is 4.17. The number of aromatic nitrogens is 2. The lowest BCUT2D eigenvalue weighted by Gasteiger charge is -2.07. The summed E-state index contributed by atoms with van der Waals surface area (Å²) in [5.74, 6) is -10.0. The van der Waals surface area contributed by atoms with Crippen LogP contribution in [-0.2, 0) is 0 Å². The molecule has 0 saturated heterocycles. The van der Waals surface area contributed by atoms with Gasteiger partial charge in [-0.25, -0.2) is 22.0 Å². The van der Waals surface area contributed by atoms with Crippen molar-refractivity contribution in [2.45, 2.75) is 19.9 Å². The molecule has 2 aromatic rings. The molecule has 1 aromatic heterocycles. The van der Waals surface area contributed by atoms with Crippen LogP contribution in [0.2, 0.25) is 0 Å². The summed E-state index contributed by atoms with van der Waals surface area (Å²) in [5, 5.41) is 10.3. The van der Waals surface area contributed by atoms with Gasteiger partial charge in [0.15, 0.2) is 28.3 Å². The van der Waals surface area contributed by atoms with Crippen molar-refractivity contribution >= 4 is 11.3 Å². The van der Waals surface area contributed by atoms with Gasteiger partial charge in [-0.05, 0) is 13.5 Å². The molecule has 0 amide bonds. The number of hydrogen-bond acceptors (Lipinski definition) is 4. The van der Waals surface area contributed by atoms with Crippen LogP contribution in [0, 0.1) is 29.1 Å². The minimum Gasteiger partial charge on any atom is -0.308 e. The first-order valence-corrected chi connectivity index (χ1v) is 6.78. The zero-order valence-corrected chi connectivity index (χ0v) is 11.8. The summed E-state index contributed by atoms with van der Waals surface area (Å²) in [6, 6.07) is -0.248. The lowest BCUT2D eigenvalue weighted by Crippen LogP contribution is -2.17. The lowest BCUT2D eigenvalue weighted by atomic mass is 10.2. The first-order valence-electron chi connectivity index (χ1n) is 5.97. The SMILES string of the molecule is CCNC(C)c1nnc(-c2c(F)c(F)c(F)c(F)c2F)s1. The van der Waals surface area contributed by atoms with Crippen molar-refractivity contribution in [1.29, 1.82) is 0 Å². The van der Waals surface area contributed by atoms with E-state index in [9.17, 15) is 22.0 Å². The Kier molecular flexibility index (Phi) is 4.52. The molecule has 114 valence electrons. The number of hydrogen-bond donors (Lipinski definition) is 1. The van der Waals surface area contributed by atoms with Gasteiger partial charge in [0.25, 0.3) is 0 Å². The molecule has 0 saturated carbocycles. The number of nitrogens with zero attached hydrogens (tertiary/aromatic N) is 2. The number of nitrogens with one attached hydrogen (secondary N) is 1. The van der Waals surface area contributed by atoms with E-state index in [4.69, 9.17) is 0 Å². The Bertz CT molecular complexity index is 644. The average Bonchev–Trinajstić information content (AvgIpc) is 2.93. The number of benzene rings is 1. The molecule has 0 aliphatic carbocycles. The van der Waals surface area contributed by atoms with Crippen LogP contribution in [0.1, 0.15) is 24.9 Å². The third-order valence-electron chi connectivity index (χ3n) is 2.75. The van der Waals surface area contributed by atoms with E-state index in [1.165, 1.54) is 0 Å². The van der Waals surface area contributed by atoms with Gasteiger partial charge in [0.05, 0.1) is 11.6 Å². The van der Waals surface area contributed by atoms with Gasteiger partial charge in [-0.1, -0.05) is 18.3 Å². The van der Waals surface area contributed by atoms with Crippen LogP contribution in [0.4, 0.5) is 22.0 Å². The van der Waals surface area contributed by atoms with Gasteiger partial charge in [0, 0.05) is 0 Å². The highest BCUT2D eigenvalue weighted by atomic mass is 32.1. The van der Waals surface area contributed by atoms with Crippen molar-refractivity contribution in [2.75, 3.05) is 6.54 Å². The van der Waals surface area contributed by atoms with Gasteiger partial charge in [0.2, 0.25) is 5.82 Å². The Labute approximate surface area is 120 Å². The van der Waals surface area contributed by atoms with E-state index < -0.39 is 34.6 Å². The highest BCUT2D eigenvalue weighted by Gasteiger charge is 2.29. The minimum absolute atomic E-state index is 0.248. The highest BCUT2D eigenvalue weighted by Crippen LogP contribution is 2.34. The van der Waals surface area contributed by atoms with Gasteiger partial charge in [-0.2, -0.15) is 0 Å². The van der Waals surface area contributed by atoms with E-state index >= 15 is 0 Å². The Hall–Kier alpha value is -1.61. The minimum atomic E-state index is -2.19. The monoisotopic (exact) mass is 323 g/mol. The predicted molar refractivity (Wildman–Crippen MR) is 67.2 cm³/mol. The lowest BCUT2D eigenvalue weighted by molar-refractivity contribution is 0.381. The van der Waals surface area contributed by atoms with Gasteiger partial charge in [-0.15, -0.1) is 10.2 Å². The molecule has 9 heteroatoms. The summed E-state index contributed by atoms with van der Waals surface area (Å²) in [6.45, 7) is 4.22. The summed E-state index contributed by atoms with van der Waals surface area (Å²) < 4.78 is 66.6. The Morgan fingerprint density at radius 3 is 2.00 bits per heavy atom. The zero-order chi connectivity index (χ0) is 15.7. The Balaban J connectivity index is 2.53. The van der Waals surface area contributed by atoms with Crippen molar-refractivity contribution in [1.82, 2.24) is 15.5 Å². The molecular formula is C12H10F5N3S. The molecule has 2 rings (SSSR count). The largest absolute Gasteiger partial charge is 0.308 e. The molecule has 0 aliphatic heterocycles. The van der Waals surface area contributed by atoms with Crippen LogP contribution in [0.25, 0.3) is 10.6 Å². The molecule has 1 heterocycles. The number of rotatable bonds is 4. The van der Waals surface area contributed by atoms with Gasteiger partial charge >= 0.3 is 0 Å². The van der Waals surface area contributed by atoms with Crippen LogP contribution in [-0.4, -0.2) is 16.7 Å². The maximum absolute atomic E-state index is 13.6. The summed E-state index contributed by atoms with van der Waals surface area (Å²) >= 11 is 0.765. The third kappa shape index (κ3) is 2.75. The molecular weight excluding hydrogens is 313 g/mol. The van der Waals surface area contributed by atoms with Crippen molar-refractivity contribution in [3.8, 4) is 10.6 Å². The summed E-state index contributed by atoms with van der Waals surface area (Å²) in [7, 11) is 0. The normalized spacial score (nSPS) is 12.7. The fourth-order valence-electron chi connectivity index (χ4n) is 1.70. The fourth-order valence-corrected chi connectivity index (χ4v) is 2.60. The van der Waals surface area contributed by atoms with Crippen LogP contribution in [0.5, 0.6) is 0 Å². The van der Waals surface area contributed by atoms with Crippen LogP contribution in [0.15, 0.2) is 0 Å². The first-order chi connectivity index (χ1) is 9.88. The van der Waals surface area contributed by atoms with E-state index in [1.54, 1.807) is 6.92 Å². The molecule has 0 spiro atoms. The third-order valence-corrected chi connectivity index (χ3v) is 3.87. The van der Waals surface area contributed by atoms with Crippen molar-refractivity contribution in [3.63, 3.8) is 0 Å². The fraction of sp³-hybridized carbons (Fsp3) is 0.333. The molecule has 21 heavy (non-hydrogen) atoms. The van der Waals surface area contributed by atoms with Gasteiger partial charge in [-0.3, -0.25) is 0 Å². The predicted octanol–water partition coefficient (Wildman–Crippen LogP) is 3.57. The highest BCUT2D eigenvalue weighted by molar-refractivity contribution is 7.14. The molecule has 1 aromatic carbocycles. The van der Waals surface area contributed by atoms with Gasteiger partial charge < -0.3 is 5.32 Å². The second-order valence-corrected chi connectivity index (χ2v) is 5.18. The smallest absolute Gasteiger partial charge is 0.200 e. The number of halogens is 5. The van der Waals surface area contributed by atoms with Crippen molar-refractivity contribution in [3.05, 3.63) is 34.1 Å². The van der Waals surface area contributed by atoms with Crippen LogP contribution >= 0.6 is 11.3 Å². The van der Waals surface area contributed by atoms with Crippen LogP contribution in [0.3, 0.4) is 0 Å². The van der Waals surface area contributed by atoms with Gasteiger partial charge in [0.1, 0.15) is 5.01 Å². The quantitative estimate of drug-likeness (QED) is 0.531.